The number of ether oxygens (including phenoxy) is 1. The van der Waals surface area contributed by atoms with Crippen molar-refractivity contribution in [2.75, 3.05) is 13.2 Å². The van der Waals surface area contributed by atoms with E-state index in [4.69, 9.17) is 4.74 Å². The zero-order chi connectivity index (χ0) is 15.1. The predicted octanol–water partition coefficient (Wildman–Crippen LogP) is 3.79. The molecule has 4 heteroatoms. The normalized spacial score (nSPS) is 15.4. The summed E-state index contributed by atoms with van der Waals surface area (Å²) in [6.07, 6.45) is 4.00. The Kier molecular flexibility index (Phi) is 3.19. The lowest BCUT2D eigenvalue weighted by Crippen LogP contribution is -2.30. The van der Waals surface area contributed by atoms with Crippen LogP contribution in [0.5, 0.6) is 0 Å². The number of pyridine rings is 1. The summed E-state index contributed by atoms with van der Waals surface area (Å²) in [7, 11) is 0. The minimum Gasteiger partial charge on any atom is -0.377 e. The molecule has 1 fully saturated rings. The number of fused-ring (bicyclic) bond motifs is 1. The van der Waals surface area contributed by atoms with Gasteiger partial charge in [-0.25, -0.2) is 0 Å². The van der Waals surface area contributed by atoms with Crippen molar-refractivity contribution in [1.82, 2.24) is 14.8 Å². The minimum absolute atomic E-state index is 0.387. The van der Waals surface area contributed by atoms with Gasteiger partial charge < -0.3 is 4.74 Å². The fraction of sp³-hybridized carbons (Fsp3) is 0.333. The smallest absolute Gasteiger partial charge is 0.0985 e. The van der Waals surface area contributed by atoms with Crippen molar-refractivity contribution in [3.63, 3.8) is 0 Å². The van der Waals surface area contributed by atoms with Crippen LogP contribution in [-0.4, -0.2) is 28.0 Å². The summed E-state index contributed by atoms with van der Waals surface area (Å²) in [5, 5.41) is 5.79. The fourth-order valence-electron chi connectivity index (χ4n) is 2.73. The third kappa shape index (κ3) is 2.29. The molecule has 1 aromatic carbocycles. The number of aromatic nitrogens is 3. The summed E-state index contributed by atoms with van der Waals surface area (Å²) < 4.78 is 7.27. The molecular formula is C18H19N3O. The molecule has 112 valence electrons. The second kappa shape index (κ2) is 5.21. The van der Waals surface area contributed by atoms with E-state index in [1.165, 1.54) is 5.56 Å². The molecular weight excluding hydrogens is 274 g/mol. The van der Waals surface area contributed by atoms with E-state index in [1.807, 2.05) is 10.9 Å². The van der Waals surface area contributed by atoms with Crippen LogP contribution in [0.4, 0.5) is 0 Å². The second-order valence-corrected chi connectivity index (χ2v) is 6.20. The highest BCUT2D eigenvalue weighted by molar-refractivity contribution is 5.83. The number of hydrogen-bond donors (Lipinski definition) is 0. The van der Waals surface area contributed by atoms with E-state index in [2.05, 4.69) is 60.5 Å². The summed E-state index contributed by atoms with van der Waals surface area (Å²) in [6.45, 7) is 5.93. The van der Waals surface area contributed by atoms with Gasteiger partial charge in [0.25, 0.3) is 0 Å². The van der Waals surface area contributed by atoms with Crippen molar-refractivity contribution in [2.45, 2.75) is 25.8 Å². The summed E-state index contributed by atoms with van der Waals surface area (Å²) in [5.74, 6) is 0.506. The Hall–Kier alpha value is -2.20. The molecule has 3 aromatic rings. The van der Waals surface area contributed by atoms with Crippen molar-refractivity contribution < 1.29 is 4.74 Å². The Balaban J connectivity index is 1.74. The molecule has 1 aliphatic heterocycles. The Morgan fingerprint density at radius 2 is 2.05 bits per heavy atom. The molecule has 0 atom stereocenters. The van der Waals surface area contributed by atoms with Gasteiger partial charge in [-0.05, 0) is 35.7 Å². The number of hydrogen-bond acceptors (Lipinski definition) is 3. The fourth-order valence-corrected chi connectivity index (χ4v) is 2.73. The van der Waals surface area contributed by atoms with Gasteiger partial charge in [0.2, 0.25) is 0 Å². The molecule has 0 saturated carbocycles. The molecule has 4 nitrogen and oxygen atoms in total. The summed E-state index contributed by atoms with van der Waals surface area (Å²) in [6, 6.07) is 11.0. The summed E-state index contributed by atoms with van der Waals surface area (Å²) >= 11 is 0. The van der Waals surface area contributed by atoms with E-state index in [1.54, 1.807) is 0 Å². The lowest BCUT2D eigenvalue weighted by molar-refractivity contribution is -0.0283. The van der Waals surface area contributed by atoms with Crippen LogP contribution in [0.25, 0.3) is 22.2 Å². The molecule has 0 amide bonds. The monoisotopic (exact) mass is 293 g/mol. The van der Waals surface area contributed by atoms with Gasteiger partial charge in [-0.1, -0.05) is 19.9 Å². The van der Waals surface area contributed by atoms with Crippen LogP contribution in [0.15, 0.2) is 42.7 Å². The molecule has 0 unspecified atom stereocenters. The maximum Gasteiger partial charge on any atom is 0.0985 e. The first-order chi connectivity index (χ1) is 10.7. The standard InChI is InChI=1S/C18H19N3O/c1-12(2)13-5-6-19-18(8-13)14-3-4-17-15(7-14)9-21(20-17)16-10-22-11-16/h3-9,12,16H,10-11H2,1-2H3. The van der Waals surface area contributed by atoms with Gasteiger partial charge in [-0.15, -0.1) is 0 Å². The molecule has 1 aliphatic rings. The summed E-state index contributed by atoms with van der Waals surface area (Å²) in [4.78, 5) is 4.52. The average molecular weight is 293 g/mol. The van der Waals surface area contributed by atoms with Gasteiger partial charge in [0, 0.05) is 23.3 Å². The Bertz CT molecular complexity index is 818. The van der Waals surface area contributed by atoms with Crippen LogP contribution in [0.1, 0.15) is 31.4 Å². The van der Waals surface area contributed by atoms with Gasteiger partial charge in [-0.3, -0.25) is 9.67 Å². The highest BCUT2D eigenvalue weighted by Gasteiger charge is 2.21. The topological polar surface area (TPSA) is 39.9 Å². The molecule has 0 radical (unpaired) electrons. The van der Waals surface area contributed by atoms with Crippen molar-refractivity contribution in [1.29, 1.82) is 0 Å². The van der Waals surface area contributed by atoms with Crippen molar-refractivity contribution in [3.05, 3.63) is 48.3 Å². The highest BCUT2D eigenvalue weighted by Crippen LogP contribution is 2.26. The molecule has 1 saturated heterocycles. The maximum atomic E-state index is 5.24. The maximum absolute atomic E-state index is 5.24. The number of rotatable bonds is 3. The molecule has 22 heavy (non-hydrogen) atoms. The SMILES string of the molecule is CC(C)c1ccnc(-c2ccc3nn(C4COC4)cc3c2)c1. The molecule has 0 N–H and O–H groups in total. The molecule has 0 spiro atoms. The minimum atomic E-state index is 0.387. The van der Waals surface area contributed by atoms with Gasteiger partial charge in [0.1, 0.15) is 0 Å². The predicted molar refractivity (Wildman–Crippen MR) is 86.9 cm³/mol. The molecule has 4 rings (SSSR count). The Labute approximate surface area is 129 Å². The van der Waals surface area contributed by atoms with Crippen LogP contribution < -0.4 is 0 Å². The van der Waals surface area contributed by atoms with Crippen LogP contribution in [0.3, 0.4) is 0 Å². The average Bonchev–Trinajstić information content (AvgIpc) is 2.87. The van der Waals surface area contributed by atoms with E-state index in [-0.39, 0.29) is 0 Å². The van der Waals surface area contributed by atoms with E-state index in [0.29, 0.717) is 12.0 Å². The molecule has 0 aliphatic carbocycles. The van der Waals surface area contributed by atoms with Crippen LogP contribution >= 0.6 is 0 Å². The number of benzene rings is 1. The van der Waals surface area contributed by atoms with Gasteiger partial charge in [0.05, 0.1) is 30.5 Å². The van der Waals surface area contributed by atoms with Crippen LogP contribution in [0.2, 0.25) is 0 Å². The lowest BCUT2D eigenvalue weighted by Gasteiger charge is -2.25. The van der Waals surface area contributed by atoms with E-state index < -0.39 is 0 Å². The van der Waals surface area contributed by atoms with Crippen LogP contribution in [-0.2, 0) is 4.74 Å². The first kappa shape index (κ1) is 13.5. The van der Waals surface area contributed by atoms with Gasteiger partial charge >= 0.3 is 0 Å². The Morgan fingerprint density at radius 3 is 2.77 bits per heavy atom. The van der Waals surface area contributed by atoms with E-state index in [0.717, 1.165) is 35.4 Å². The first-order valence-electron chi connectivity index (χ1n) is 7.74. The number of nitrogens with zero attached hydrogens (tertiary/aromatic N) is 3. The van der Waals surface area contributed by atoms with Crippen molar-refractivity contribution >= 4 is 10.9 Å². The molecule has 3 heterocycles. The highest BCUT2D eigenvalue weighted by atomic mass is 16.5. The van der Waals surface area contributed by atoms with Gasteiger partial charge in [-0.2, -0.15) is 5.10 Å². The van der Waals surface area contributed by atoms with E-state index in [9.17, 15) is 0 Å². The summed E-state index contributed by atoms with van der Waals surface area (Å²) in [5.41, 5.74) is 4.50. The first-order valence-corrected chi connectivity index (χ1v) is 7.74. The third-order valence-electron chi connectivity index (χ3n) is 4.26. The Morgan fingerprint density at radius 1 is 1.18 bits per heavy atom. The zero-order valence-electron chi connectivity index (χ0n) is 12.9. The quantitative estimate of drug-likeness (QED) is 0.737. The van der Waals surface area contributed by atoms with Gasteiger partial charge in [0.15, 0.2) is 0 Å². The molecule has 2 aromatic heterocycles. The van der Waals surface area contributed by atoms with Crippen molar-refractivity contribution in [2.24, 2.45) is 0 Å². The third-order valence-corrected chi connectivity index (χ3v) is 4.26. The largest absolute Gasteiger partial charge is 0.377 e. The molecule has 0 bridgehead atoms. The van der Waals surface area contributed by atoms with Crippen LogP contribution in [0, 0.1) is 0 Å². The zero-order valence-corrected chi connectivity index (χ0v) is 12.9. The lowest BCUT2D eigenvalue weighted by atomic mass is 10.0. The second-order valence-electron chi connectivity index (χ2n) is 6.20. The van der Waals surface area contributed by atoms with E-state index >= 15 is 0 Å². The van der Waals surface area contributed by atoms with Crippen molar-refractivity contribution in [3.8, 4) is 11.3 Å².